The number of nitrogens with zero attached hydrogens (tertiary/aromatic N) is 17. The molecule has 18 rings (SSSR count). The summed E-state index contributed by atoms with van der Waals surface area (Å²) in [6.45, 7) is 29.5. The molecule has 0 saturated carbocycles. The van der Waals surface area contributed by atoms with Gasteiger partial charge in [0.15, 0.2) is 0 Å². The van der Waals surface area contributed by atoms with Crippen LogP contribution in [0.5, 0.6) is 0 Å². The van der Waals surface area contributed by atoms with Gasteiger partial charge in [0.05, 0.1) is 32.7 Å². The van der Waals surface area contributed by atoms with E-state index in [0.29, 0.717) is 102 Å². The van der Waals surface area contributed by atoms with Crippen molar-refractivity contribution < 1.29 is 37.0 Å². The number of hydrogen-bond acceptors (Lipinski definition) is 25. The van der Waals surface area contributed by atoms with Crippen LogP contribution in [0.25, 0.3) is 56.9 Å². The van der Waals surface area contributed by atoms with Gasteiger partial charge in [-0.2, -0.15) is 24.9 Å². The van der Waals surface area contributed by atoms with E-state index in [-0.39, 0.29) is 17.7 Å². The number of nitrogens with one attached hydrogen (secondary N) is 1. The number of carbonyl (C=O) groups excluding carboxylic acids is 3. The van der Waals surface area contributed by atoms with Crippen molar-refractivity contribution in [1.82, 2.24) is 90.4 Å². The average molecular weight is 1750 g/mol. The minimum absolute atomic E-state index is 0.0296. The topological polar surface area (TPSA) is 290 Å². The second-order valence-corrected chi connectivity index (χ2v) is 36.1. The van der Waals surface area contributed by atoms with Crippen LogP contribution in [0.3, 0.4) is 0 Å². The number of piperidine rings is 6. The number of rotatable bonds is 28. The van der Waals surface area contributed by atoms with Crippen molar-refractivity contribution in [3.05, 3.63) is 245 Å². The van der Waals surface area contributed by atoms with Crippen LogP contribution >= 0.6 is 0 Å². The van der Waals surface area contributed by atoms with Crippen LogP contribution in [0.1, 0.15) is 198 Å². The fourth-order valence-corrected chi connectivity index (χ4v) is 18.1. The number of likely N-dealkylation sites (tertiary alicyclic amines) is 6. The lowest BCUT2D eigenvalue weighted by atomic mass is 9.90. The van der Waals surface area contributed by atoms with Crippen molar-refractivity contribution in [3.63, 3.8) is 0 Å². The molecule has 6 aromatic carbocycles. The highest BCUT2D eigenvalue weighted by atomic mass is 16.5. The van der Waals surface area contributed by atoms with Gasteiger partial charge in [-0.05, 0) is 220 Å². The van der Waals surface area contributed by atoms with Gasteiger partial charge < -0.3 is 32.8 Å². The molecule has 1 N–H and O–H groups in total. The van der Waals surface area contributed by atoms with Gasteiger partial charge in [0.1, 0.15) is 11.6 Å². The Kier molecular flexibility index (Phi) is 35.2. The molecule has 0 radical (unpaired) electrons. The van der Waals surface area contributed by atoms with Crippen molar-refractivity contribution in [3.8, 4) is 56.9 Å². The first-order valence-corrected chi connectivity index (χ1v) is 47.0. The number of ketones is 2. The molecule has 12 heterocycles. The summed E-state index contributed by atoms with van der Waals surface area (Å²) in [5.41, 5.74) is 13.4. The zero-order valence-electron chi connectivity index (χ0n) is 76.7. The lowest BCUT2D eigenvalue weighted by molar-refractivity contribution is -0.124. The predicted octanol–water partition coefficient (Wildman–Crippen LogP) is 18.4. The Labute approximate surface area is 760 Å². The molecule has 6 saturated heterocycles. The minimum atomic E-state index is 0.0296. The molecule has 0 spiro atoms. The van der Waals surface area contributed by atoms with E-state index in [1.165, 1.54) is 123 Å². The summed E-state index contributed by atoms with van der Waals surface area (Å²) in [7, 11) is 0. The maximum absolute atomic E-state index is 12.7. The molecule has 26 nitrogen and oxygen atoms in total. The fourth-order valence-electron chi connectivity index (χ4n) is 18.1. The Morgan fingerprint density at radius 3 is 1.20 bits per heavy atom. The predicted molar refractivity (Wildman–Crippen MR) is 499 cm³/mol. The molecule has 129 heavy (non-hydrogen) atoms. The van der Waals surface area contributed by atoms with Crippen LogP contribution in [-0.4, -0.2) is 193 Å². The smallest absolute Gasteiger partial charge is 0.241 e. The lowest BCUT2D eigenvalue weighted by Gasteiger charge is -2.36. The van der Waals surface area contributed by atoms with Crippen molar-refractivity contribution in [2.24, 2.45) is 17.8 Å². The van der Waals surface area contributed by atoms with E-state index in [4.69, 9.17) is 22.6 Å². The van der Waals surface area contributed by atoms with Crippen LogP contribution in [0.2, 0.25) is 0 Å². The Hall–Kier alpha value is -11.3. The molecular formula is C103H130N18O8. The molecule has 680 valence electrons. The minimum Gasteiger partial charge on any atom is -0.356 e. The summed E-state index contributed by atoms with van der Waals surface area (Å²) in [6, 6.07) is 58.2. The van der Waals surface area contributed by atoms with E-state index in [2.05, 4.69) is 186 Å². The van der Waals surface area contributed by atoms with Gasteiger partial charge in [0, 0.05) is 103 Å². The number of pyridine rings is 1. The van der Waals surface area contributed by atoms with Crippen molar-refractivity contribution in [1.29, 1.82) is 0 Å². The molecule has 0 aliphatic carbocycles. The molecule has 12 aromatic rings. The second-order valence-electron chi connectivity index (χ2n) is 36.1. The average Bonchev–Trinajstić information content (AvgIpc) is 1.74. The summed E-state index contributed by atoms with van der Waals surface area (Å²) in [5, 5.41) is 23.5. The number of carbonyl (C=O) groups is 3. The lowest BCUT2D eigenvalue weighted by Crippen LogP contribution is -2.42. The monoisotopic (exact) mass is 1750 g/mol. The van der Waals surface area contributed by atoms with Gasteiger partial charge >= 0.3 is 0 Å². The van der Waals surface area contributed by atoms with E-state index in [9.17, 15) is 14.4 Å². The summed E-state index contributed by atoms with van der Waals surface area (Å²) >= 11 is 0. The largest absolute Gasteiger partial charge is 0.356 e. The fraction of sp³-hybridized carbons (Fsp3) is 0.476. The number of aromatic nitrogens is 11. The zero-order valence-corrected chi connectivity index (χ0v) is 76.7. The molecule has 4 atom stereocenters. The first kappa shape index (κ1) is 93.9. The highest BCUT2D eigenvalue weighted by molar-refractivity contribution is 5.81. The van der Waals surface area contributed by atoms with E-state index >= 15 is 0 Å². The second kappa shape index (κ2) is 48.4. The molecule has 6 fully saturated rings. The number of Topliss-reactive ketones (excluding diaryl/α,β-unsaturated/α-hetero) is 2. The number of amides is 1. The van der Waals surface area contributed by atoms with Crippen LogP contribution in [0, 0.1) is 52.4 Å². The Bertz CT molecular complexity index is 5340. The summed E-state index contributed by atoms with van der Waals surface area (Å²) in [5.74, 6) is 8.41. The molecular weight excluding hydrogens is 1620 g/mol. The first-order valence-electron chi connectivity index (χ1n) is 47.0. The SMILES string of the molecule is CC(=O)C1CCN(Cc2nc(-c3ccc(C)cc3)no2)CC1.CC(=O)NCCC1CCCCN1Cc1nc(-c2ccc(C)cc2)no1.Cc1ccc(-c2noc(CN3CCCC(C(=O)CCc4ccccc4)C3)n2)cc1.Cc1ccc(-c2noc(CN3CCCC(CN4CCCCC4)C3)n2)cc1.Cc1ccc(-c2noc(CN3CCCCC3CCc3ccccn3)n2)cc1. The van der Waals surface area contributed by atoms with Gasteiger partial charge in [0.2, 0.25) is 64.5 Å². The van der Waals surface area contributed by atoms with Crippen molar-refractivity contribution in [2.45, 2.75) is 222 Å². The quantitative estimate of drug-likeness (QED) is 0.0476. The number of hydrogen-bond donors (Lipinski definition) is 1. The van der Waals surface area contributed by atoms with Gasteiger partial charge in [-0.25, -0.2) is 0 Å². The van der Waals surface area contributed by atoms with Crippen molar-refractivity contribution in [2.75, 3.05) is 78.5 Å². The van der Waals surface area contributed by atoms with Gasteiger partial charge in [-0.1, -0.05) is 231 Å². The third-order valence-corrected chi connectivity index (χ3v) is 25.6. The maximum Gasteiger partial charge on any atom is 0.241 e. The molecule has 26 heteroatoms. The Morgan fingerprint density at radius 2 is 0.767 bits per heavy atom. The van der Waals surface area contributed by atoms with Crippen LogP contribution in [0.4, 0.5) is 0 Å². The Morgan fingerprint density at radius 1 is 0.364 bits per heavy atom. The third-order valence-electron chi connectivity index (χ3n) is 25.6. The van der Waals surface area contributed by atoms with Crippen LogP contribution in [-0.2, 0) is 59.9 Å². The molecule has 6 aliphatic heterocycles. The van der Waals surface area contributed by atoms with Gasteiger partial charge in [-0.15, -0.1) is 0 Å². The number of aryl methyl sites for hydroxylation is 7. The summed E-state index contributed by atoms with van der Waals surface area (Å²) in [6.07, 6.45) is 24.4. The maximum atomic E-state index is 12.7. The van der Waals surface area contributed by atoms with E-state index in [1.54, 1.807) is 13.8 Å². The molecule has 1 amide bonds. The third kappa shape index (κ3) is 29.6. The van der Waals surface area contributed by atoms with Crippen LogP contribution in [0.15, 0.2) is 199 Å². The number of benzene rings is 6. The molecule has 6 aliphatic rings. The normalized spacial score (nSPS) is 18.6. The Balaban J connectivity index is 0.000000131. The van der Waals surface area contributed by atoms with E-state index < -0.39 is 0 Å². The highest BCUT2D eigenvalue weighted by Crippen LogP contribution is 2.31. The van der Waals surface area contributed by atoms with Crippen LogP contribution < -0.4 is 5.32 Å². The van der Waals surface area contributed by atoms with Gasteiger partial charge in [0.25, 0.3) is 0 Å². The highest BCUT2D eigenvalue weighted by Gasteiger charge is 2.31. The molecule has 0 bridgehead atoms. The zero-order chi connectivity index (χ0) is 89.5. The summed E-state index contributed by atoms with van der Waals surface area (Å²) in [4.78, 5) is 77.0. The van der Waals surface area contributed by atoms with E-state index in [1.807, 2.05) is 115 Å². The van der Waals surface area contributed by atoms with Crippen molar-refractivity contribution >= 4 is 17.5 Å². The van der Waals surface area contributed by atoms with Gasteiger partial charge in [-0.3, -0.25) is 43.9 Å². The molecule has 4 unspecified atom stereocenters. The standard InChI is InChI=1S/C24H27N3O2.C22H26N4O.C21H30N4O.C19H26N4O2.C17H21N3O2/c1-18-9-12-20(13-10-18)24-25-23(29-26-24)17-27-15-5-8-21(16-27)22(28)14-11-19-6-3-2-4-7-19;1-17-8-10-18(11-9-17)22-24-21(27-25-22)16-26-15-5-3-7-20(26)13-12-19-6-2-4-14-23-19;1-17-7-9-19(10-8-17)21-22-20(26-23-21)16-25-13-5-6-18(15-25)14-24-11-3-2-4-12-24;1-14-6-8-16(9-7-14)19-21-18(25-22-19)13-23-12-4-3-5-17(23)10-11-20-15(2)24;1-12-3-5-15(6-4-12)17-18-16(22-19-17)11-20-9-7-14(8-10-20)13(2)21/h2-4,6-7,9-10,12-13,21H,5,8,11,14-17H2,1H3;2,4,6,8-11,14,20H,3,5,7,12-13,15-16H2,1H3;7-10,18H,2-6,11-16H2,1H3;6-9,17H,3-5,10-13H2,1-2H3,(H,20,24);3-6,14H,7-11H2,1-2H3. The molecule has 6 aromatic heterocycles. The summed E-state index contributed by atoms with van der Waals surface area (Å²) < 4.78 is 27.4. The first-order chi connectivity index (χ1) is 62.9. The van der Waals surface area contributed by atoms with E-state index in [0.717, 1.165) is 169 Å².